The molecular formula is C27H30ClNO5S. The number of nitrogen functional groups attached to an aromatic ring is 1. The lowest BCUT2D eigenvalue weighted by Crippen LogP contribution is -2.54. The van der Waals surface area contributed by atoms with Gasteiger partial charge in [-0.25, -0.2) is 0 Å². The second kappa shape index (κ2) is 11.6. The van der Waals surface area contributed by atoms with E-state index in [1.807, 2.05) is 61.5 Å². The van der Waals surface area contributed by atoms with Gasteiger partial charge in [-0.15, -0.1) is 11.8 Å². The Morgan fingerprint density at radius 2 is 1.71 bits per heavy atom. The van der Waals surface area contributed by atoms with Crippen LogP contribution in [-0.2, 0) is 11.2 Å². The number of nitrogens with two attached hydrogens (primary N) is 1. The molecule has 0 amide bonds. The molecule has 35 heavy (non-hydrogen) atoms. The van der Waals surface area contributed by atoms with Gasteiger partial charge in [0, 0.05) is 21.4 Å². The first-order valence-electron chi connectivity index (χ1n) is 11.5. The molecule has 1 aliphatic heterocycles. The molecule has 1 saturated heterocycles. The standard InChI is InChI=1S/C27H30ClNO5S/c1-2-33-19-10-7-16(8-11-19)13-18-14-17(9-12-20(18)28)27-26(32)25(31)24(30)22(34-27)15-35-23-6-4-3-5-21(23)29/h3-12,14,22,24-27,30-32H,2,13,15,29H2,1H3/t22-,24-,25+,26-,27+/m1/s1. The van der Waals surface area contributed by atoms with Gasteiger partial charge in [-0.2, -0.15) is 0 Å². The van der Waals surface area contributed by atoms with E-state index in [1.54, 1.807) is 12.1 Å². The molecule has 1 fully saturated rings. The third-order valence-corrected chi connectivity index (χ3v) is 7.61. The van der Waals surface area contributed by atoms with Gasteiger partial charge in [0.1, 0.15) is 30.2 Å². The number of aliphatic hydroxyl groups is 3. The number of hydrogen-bond donors (Lipinski definition) is 4. The van der Waals surface area contributed by atoms with Crippen molar-refractivity contribution in [1.82, 2.24) is 0 Å². The fraction of sp³-hybridized carbons (Fsp3) is 0.333. The third-order valence-electron chi connectivity index (χ3n) is 6.06. The van der Waals surface area contributed by atoms with Gasteiger partial charge in [0.05, 0.1) is 12.7 Å². The minimum absolute atomic E-state index is 0.363. The summed E-state index contributed by atoms with van der Waals surface area (Å²) in [4.78, 5) is 0.865. The number of aliphatic hydroxyl groups excluding tert-OH is 3. The predicted octanol–water partition coefficient (Wildman–Crippen LogP) is 4.23. The van der Waals surface area contributed by atoms with Crippen LogP contribution in [0, 0.1) is 0 Å². The zero-order valence-corrected chi connectivity index (χ0v) is 21.0. The summed E-state index contributed by atoms with van der Waals surface area (Å²) in [6.07, 6.45) is -4.80. The average molecular weight is 516 g/mol. The van der Waals surface area contributed by atoms with Crippen LogP contribution in [0.4, 0.5) is 5.69 Å². The number of ether oxygens (including phenoxy) is 2. The maximum Gasteiger partial charge on any atom is 0.119 e. The lowest BCUT2D eigenvalue weighted by molar-refractivity contribution is -0.218. The van der Waals surface area contributed by atoms with Gasteiger partial charge in [0.15, 0.2) is 0 Å². The minimum Gasteiger partial charge on any atom is -0.494 e. The second-order valence-corrected chi connectivity index (χ2v) is 9.99. The summed E-state index contributed by atoms with van der Waals surface area (Å²) in [6, 6.07) is 20.7. The Kier molecular flexibility index (Phi) is 8.59. The summed E-state index contributed by atoms with van der Waals surface area (Å²) in [5, 5.41) is 32.5. The predicted molar refractivity (Wildman–Crippen MR) is 139 cm³/mol. The fourth-order valence-electron chi connectivity index (χ4n) is 4.15. The lowest BCUT2D eigenvalue weighted by Gasteiger charge is -2.41. The van der Waals surface area contributed by atoms with Crippen LogP contribution in [0.3, 0.4) is 0 Å². The Balaban J connectivity index is 1.51. The zero-order chi connectivity index (χ0) is 24.9. The van der Waals surface area contributed by atoms with Crippen molar-refractivity contribution in [2.24, 2.45) is 0 Å². The average Bonchev–Trinajstić information content (AvgIpc) is 2.86. The van der Waals surface area contributed by atoms with Gasteiger partial charge in [0.25, 0.3) is 0 Å². The van der Waals surface area contributed by atoms with Crippen LogP contribution in [0.25, 0.3) is 0 Å². The molecule has 1 heterocycles. The number of anilines is 1. The molecule has 0 aromatic heterocycles. The molecule has 0 unspecified atom stereocenters. The number of thioether (sulfide) groups is 1. The topological polar surface area (TPSA) is 105 Å². The second-order valence-electron chi connectivity index (χ2n) is 8.52. The van der Waals surface area contributed by atoms with E-state index >= 15 is 0 Å². The lowest BCUT2D eigenvalue weighted by atomic mass is 9.90. The van der Waals surface area contributed by atoms with Crippen LogP contribution in [0.5, 0.6) is 5.75 Å². The number of para-hydroxylation sites is 1. The molecule has 1 aliphatic rings. The van der Waals surface area contributed by atoms with E-state index < -0.39 is 30.5 Å². The van der Waals surface area contributed by atoms with E-state index in [0.29, 0.717) is 35.1 Å². The van der Waals surface area contributed by atoms with Crippen LogP contribution in [0.1, 0.15) is 29.7 Å². The van der Waals surface area contributed by atoms with E-state index in [2.05, 4.69) is 0 Å². The number of hydrogen-bond acceptors (Lipinski definition) is 7. The van der Waals surface area contributed by atoms with Crippen molar-refractivity contribution in [3.63, 3.8) is 0 Å². The highest BCUT2D eigenvalue weighted by atomic mass is 35.5. The maximum atomic E-state index is 10.7. The molecular weight excluding hydrogens is 486 g/mol. The molecule has 3 aromatic rings. The molecule has 0 bridgehead atoms. The SMILES string of the molecule is CCOc1ccc(Cc2cc([C@@H]3O[C@H](CSc4ccccc4N)[C@@H](O)[C@H](O)[C@H]3O)ccc2Cl)cc1. The van der Waals surface area contributed by atoms with Crippen LogP contribution >= 0.6 is 23.4 Å². The van der Waals surface area contributed by atoms with Crippen molar-refractivity contribution in [2.45, 2.75) is 48.8 Å². The molecule has 4 rings (SSSR count). The van der Waals surface area contributed by atoms with Crippen molar-refractivity contribution < 1.29 is 24.8 Å². The van der Waals surface area contributed by atoms with Crippen molar-refractivity contribution in [3.8, 4) is 5.75 Å². The van der Waals surface area contributed by atoms with Crippen molar-refractivity contribution in [2.75, 3.05) is 18.1 Å². The summed E-state index contributed by atoms with van der Waals surface area (Å²) in [7, 11) is 0. The van der Waals surface area contributed by atoms with Crippen LogP contribution in [0.15, 0.2) is 71.6 Å². The Morgan fingerprint density at radius 1 is 0.971 bits per heavy atom. The van der Waals surface area contributed by atoms with Gasteiger partial charge in [-0.3, -0.25) is 0 Å². The van der Waals surface area contributed by atoms with Crippen molar-refractivity contribution >= 4 is 29.1 Å². The summed E-state index contributed by atoms with van der Waals surface area (Å²) < 4.78 is 11.6. The Hall–Kier alpha value is -2.26. The molecule has 0 aliphatic carbocycles. The maximum absolute atomic E-state index is 10.7. The van der Waals surface area contributed by atoms with Gasteiger partial charge in [-0.1, -0.05) is 48.0 Å². The molecule has 0 radical (unpaired) electrons. The molecule has 3 aromatic carbocycles. The van der Waals surface area contributed by atoms with Crippen LogP contribution in [-0.4, -0.2) is 52.1 Å². The monoisotopic (exact) mass is 515 g/mol. The first kappa shape index (κ1) is 25.8. The van der Waals surface area contributed by atoms with Crippen LogP contribution in [0.2, 0.25) is 5.02 Å². The van der Waals surface area contributed by atoms with Gasteiger partial charge < -0.3 is 30.5 Å². The highest BCUT2D eigenvalue weighted by Gasteiger charge is 2.44. The molecule has 0 spiro atoms. The summed E-state index contributed by atoms with van der Waals surface area (Å²) in [5.74, 6) is 1.17. The van der Waals surface area contributed by atoms with E-state index in [4.69, 9.17) is 26.8 Å². The first-order valence-corrected chi connectivity index (χ1v) is 12.9. The highest BCUT2D eigenvalue weighted by Crippen LogP contribution is 2.37. The summed E-state index contributed by atoms with van der Waals surface area (Å²) >= 11 is 7.92. The van der Waals surface area contributed by atoms with Crippen LogP contribution < -0.4 is 10.5 Å². The molecule has 8 heteroatoms. The number of halogens is 1. The van der Waals surface area contributed by atoms with E-state index in [0.717, 1.165) is 21.8 Å². The quantitative estimate of drug-likeness (QED) is 0.263. The van der Waals surface area contributed by atoms with E-state index in [1.165, 1.54) is 11.8 Å². The summed E-state index contributed by atoms with van der Waals surface area (Å²) in [6.45, 7) is 2.55. The molecule has 0 saturated carbocycles. The zero-order valence-electron chi connectivity index (χ0n) is 19.4. The first-order chi connectivity index (χ1) is 16.9. The van der Waals surface area contributed by atoms with Gasteiger partial charge >= 0.3 is 0 Å². The van der Waals surface area contributed by atoms with E-state index in [9.17, 15) is 15.3 Å². The molecule has 5 atom stereocenters. The van der Waals surface area contributed by atoms with Crippen molar-refractivity contribution in [1.29, 1.82) is 0 Å². The van der Waals surface area contributed by atoms with E-state index in [-0.39, 0.29) is 0 Å². The van der Waals surface area contributed by atoms with Gasteiger partial charge in [0.2, 0.25) is 0 Å². The van der Waals surface area contributed by atoms with Gasteiger partial charge in [-0.05, 0) is 60.4 Å². The number of benzene rings is 3. The summed E-state index contributed by atoms with van der Waals surface area (Å²) in [5.41, 5.74) is 9.27. The largest absolute Gasteiger partial charge is 0.494 e. The number of rotatable bonds is 8. The molecule has 6 nitrogen and oxygen atoms in total. The Morgan fingerprint density at radius 3 is 2.43 bits per heavy atom. The third kappa shape index (κ3) is 6.12. The Labute approximate surface area is 214 Å². The molecule has 5 N–H and O–H groups in total. The minimum atomic E-state index is -1.35. The smallest absolute Gasteiger partial charge is 0.119 e. The van der Waals surface area contributed by atoms with Crippen molar-refractivity contribution in [3.05, 3.63) is 88.4 Å². The normalized spacial score (nSPS) is 24.3. The Bertz CT molecular complexity index is 1130. The highest BCUT2D eigenvalue weighted by molar-refractivity contribution is 7.99. The molecule has 186 valence electrons. The fourth-order valence-corrected chi connectivity index (χ4v) is 5.36.